The number of nitrogens with zero attached hydrogens (tertiary/aromatic N) is 3. The van der Waals surface area contributed by atoms with Crippen LogP contribution in [0.5, 0.6) is 0 Å². The molecule has 22 heteroatoms. The molecule has 22 nitrogen and oxygen atoms in total. The minimum Gasteiger partial charge on any atom is -0.480 e. The van der Waals surface area contributed by atoms with Crippen LogP contribution in [0.15, 0.2) is 126 Å². The number of aliphatic carboxylic acids is 1. The summed E-state index contributed by atoms with van der Waals surface area (Å²) in [4.78, 5) is 98.9. The van der Waals surface area contributed by atoms with Gasteiger partial charge in [0.1, 0.15) is 31.9 Å². The number of aliphatic imine (C=N–C) groups is 1. The minimum absolute atomic E-state index is 0.0719. The van der Waals surface area contributed by atoms with Crippen LogP contribution in [0.1, 0.15) is 47.9 Å². The molecule has 0 saturated carbocycles. The van der Waals surface area contributed by atoms with E-state index in [0.717, 1.165) is 15.4 Å². The molecule has 6 amide bonds. The van der Waals surface area contributed by atoms with E-state index in [1.54, 1.807) is 103 Å². The Morgan fingerprint density at radius 1 is 0.648 bits per heavy atom. The van der Waals surface area contributed by atoms with Crippen molar-refractivity contribution >= 4 is 53.9 Å². The van der Waals surface area contributed by atoms with Crippen LogP contribution in [0.25, 0.3) is 0 Å². The van der Waals surface area contributed by atoms with Crippen LogP contribution in [0.4, 0.5) is 14.4 Å². The van der Waals surface area contributed by atoms with E-state index >= 15 is 0 Å². The third-order valence-corrected chi connectivity index (χ3v) is 10.3. The van der Waals surface area contributed by atoms with Crippen LogP contribution in [0.2, 0.25) is 0 Å². The number of carboxylic acid groups (broad SMARTS) is 1. The van der Waals surface area contributed by atoms with Crippen molar-refractivity contribution in [1.82, 2.24) is 31.1 Å². The topological polar surface area (TPSA) is 336 Å². The quantitative estimate of drug-likeness (QED) is 0.0189. The number of rotatable bonds is 26. The maximum Gasteiger partial charge on any atom is 0.416 e. The summed E-state index contributed by atoms with van der Waals surface area (Å²) in [5, 5.41) is 28.4. The highest BCUT2D eigenvalue weighted by Gasteiger charge is 2.31. The molecular formula is C49H61N11O11. The highest BCUT2D eigenvalue weighted by Crippen LogP contribution is 2.11. The predicted octanol–water partition coefficient (Wildman–Crippen LogP) is 2.70. The number of amides is 6. The molecule has 0 aliphatic heterocycles. The molecular weight excluding hydrogens is 919 g/mol. The zero-order valence-corrected chi connectivity index (χ0v) is 39.1. The normalized spacial score (nSPS) is 11.8. The fourth-order valence-electron chi connectivity index (χ4n) is 6.70. The van der Waals surface area contributed by atoms with Gasteiger partial charge in [-0.3, -0.25) is 30.1 Å². The highest BCUT2D eigenvalue weighted by atomic mass is 16.6. The second kappa shape index (κ2) is 30.1. The van der Waals surface area contributed by atoms with E-state index in [-0.39, 0.29) is 84.1 Å². The maximum absolute atomic E-state index is 14.6. The van der Waals surface area contributed by atoms with E-state index in [9.17, 15) is 38.7 Å². The van der Waals surface area contributed by atoms with Gasteiger partial charge in [0, 0.05) is 26.2 Å². The smallest absolute Gasteiger partial charge is 0.416 e. The van der Waals surface area contributed by atoms with Gasteiger partial charge in [-0.05, 0) is 54.4 Å². The minimum atomic E-state index is -1.49. The lowest BCUT2D eigenvalue weighted by molar-refractivity contribution is -0.143. The summed E-state index contributed by atoms with van der Waals surface area (Å²) in [5.41, 5.74) is 19.7. The number of benzene rings is 4. The van der Waals surface area contributed by atoms with Gasteiger partial charge in [-0.2, -0.15) is 0 Å². The Kier molecular flexibility index (Phi) is 23.3. The predicted molar refractivity (Wildman–Crippen MR) is 261 cm³/mol. The van der Waals surface area contributed by atoms with Gasteiger partial charge in [-0.1, -0.05) is 121 Å². The molecule has 0 unspecified atom stereocenters. The molecule has 0 heterocycles. The summed E-state index contributed by atoms with van der Waals surface area (Å²) in [5.74, 6) is -4.59. The number of guanidine groups is 2. The lowest BCUT2D eigenvalue weighted by atomic mass is 10.1. The van der Waals surface area contributed by atoms with Gasteiger partial charge in [0.15, 0.2) is 5.96 Å². The van der Waals surface area contributed by atoms with Gasteiger partial charge < -0.3 is 57.4 Å². The van der Waals surface area contributed by atoms with Crippen molar-refractivity contribution in [1.29, 1.82) is 5.41 Å². The lowest BCUT2D eigenvalue weighted by Crippen LogP contribution is -2.54. The van der Waals surface area contributed by atoms with E-state index < -0.39 is 72.6 Å². The van der Waals surface area contributed by atoms with Gasteiger partial charge >= 0.3 is 24.2 Å². The molecule has 0 fully saturated rings. The van der Waals surface area contributed by atoms with Crippen molar-refractivity contribution in [2.45, 2.75) is 70.1 Å². The van der Waals surface area contributed by atoms with Crippen LogP contribution in [-0.4, -0.2) is 120 Å². The molecule has 378 valence electrons. The SMILES string of the molecule is N=C(NC(=O)OCc1ccccc1)N(CCC[C@H](NC(=O)OCc1ccccc1)C(=O)N(CCNC(=O)[C@@H](N)Cc1ccccc1)CC(=O)N[C@@H](CCCN=C(N)N)C(=O)O)C(=O)OCc1ccccc1. The lowest BCUT2D eigenvalue weighted by Gasteiger charge is -2.29. The molecule has 0 aromatic heterocycles. The first-order valence-electron chi connectivity index (χ1n) is 22.6. The third-order valence-electron chi connectivity index (χ3n) is 10.3. The first-order valence-corrected chi connectivity index (χ1v) is 22.6. The number of carbonyl (C=O) groups is 7. The Balaban J connectivity index is 1.56. The molecule has 0 spiro atoms. The van der Waals surface area contributed by atoms with E-state index in [2.05, 4.69) is 26.3 Å². The molecule has 12 N–H and O–H groups in total. The number of alkyl carbamates (subject to hydrolysis) is 2. The summed E-state index contributed by atoms with van der Waals surface area (Å²) in [6.07, 6.45) is -3.20. The van der Waals surface area contributed by atoms with Gasteiger partial charge in [0.05, 0.1) is 12.6 Å². The number of hydrogen-bond donors (Lipinski definition) is 9. The van der Waals surface area contributed by atoms with Crippen molar-refractivity contribution < 1.29 is 52.9 Å². The van der Waals surface area contributed by atoms with Crippen molar-refractivity contribution in [3.63, 3.8) is 0 Å². The summed E-state index contributed by atoms with van der Waals surface area (Å²) in [6, 6.07) is 31.3. The summed E-state index contributed by atoms with van der Waals surface area (Å²) in [7, 11) is 0. The molecule has 0 aliphatic rings. The standard InChI is InChI=1S/C49H61N11O11/c50-38(29-34-15-5-1-6-16-34)42(62)54-26-28-59(30-41(61)56-40(44(64)65)23-13-25-55-45(51)52)43(63)39(57-47(66)69-31-35-17-7-2-8-18-35)24-14-27-60(49(68)71-33-37-21-11-4-12-22-37)46(53)58-48(67)70-32-36-19-9-3-10-20-36/h1-12,15-22,38-40H,13-14,23-33,50H2,(H,54,62)(H,56,61)(H,57,66)(H,64,65)(H4,51,52,55)(H2,53,58,67)/t38-,39-,40-/m0/s1. The molecule has 4 aromatic rings. The molecule has 0 bridgehead atoms. The van der Waals surface area contributed by atoms with E-state index in [4.69, 9.17) is 36.8 Å². The molecule has 4 aromatic carbocycles. The first-order chi connectivity index (χ1) is 34.2. The van der Waals surface area contributed by atoms with Crippen molar-refractivity contribution in [2.24, 2.45) is 22.2 Å². The van der Waals surface area contributed by atoms with E-state index in [0.29, 0.717) is 16.7 Å². The van der Waals surface area contributed by atoms with Crippen molar-refractivity contribution in [2.75, 3.05) is 32.7 Å². The van der Waals surface area contributed by atoms with E-state index in [1.807, 2.05) is 18.2 Å². The average Bonchev–Trinajstić information content (AvgIpc) is 3.36. The highest BCUT2D eigenvalue weighted by molar-refractivity contribution is 5.99. The number of ether oxygens (including phenoxy) is 3. The Morgan fingerprint density at radius 3 is 1.69 bits per heavy atom. The Morgan fingerprint density at radius 2 is 1.15 bits per heavy atom. The second-order valence-corrected chi connectivity index (χ2v) is 15.9. The Hall–Kier alpha value is -8.53. The van der Waals surface area contributed by atoms with Gasteiger partial charge in [0.2, 0.25) is 23.7 Å². The van der Waals surface area contributed by atoms with Crippen LogP contribution in [0.3, 0.4) is 0 Å². The monoisotopic (exact) mass is 979 g/mol. The number of carbonyl (C=O) groups excluding carboxylic acids is 6. The molecule has 4 rings (SSSR count). The summed E-state index contributed by atoms with van der Waals surface area (Å²) < 4.78 is 16.2. The van der Waals surface area contributed by atoms with Crippen LogP contribution in [0, 0.1) is 5.41 Å². The van der Waals surface area contributed by atoms with Gasteiger partial charge in [-0.15, -0.1) is 0 Å². The third kappa shape index (κ3) is 21.1. The first kappa shape index (κ1) is 55.1. The fraction of sp³-hybridized carbons (Fsp3) is 0.327. The number of nitrogens with one attached hydrogen (secondary N) is 5. The number of hydrogen-bond acceptors (Lipinski definition) is 13. The fourth-order valence-corrected chi connectivity index (χ4v) is 6.70. The van der Waals surface area contributed by atoms with Crippen LogP contribution >= 0.6 is 0 Å². The summed E-state index contributed by atoms with van der Waals surface area (Å²) >= 11 is 0. The zero-order valence-electron chi connectivity index (χ0n) is 39.1. The number of carboxylic acids is 1. The Labute approximate surface area is 410 Å². The van der Waals surface area contributed by atoms with Gasteiger partial charge in [-0.25, -0.2) is 24.1 Å². The molecule has 71 heavy (non-hydrogen) atoms. The Bertz CT molecular complexity index is 2380. The summed E-state index contributed by atoms with van der Waals surface area (Å²) in [6.45, 7) is -2.07. The molecule has 0 aliphatic carbocycles. The van der Waals surface area contributed by atoms with Crippen LogP contribution in [-0.2, 0) is 59.6 Å². The maximum atomic E-state index is 14.6. The zero-order chi connectivity index (χ0) is 51.4. The number of nitrogens with two attached hydrogens (primary N) is 3. The second-order valence-electron chi connectivity index (χ2n) is 15.9. The largest absolute Gasteiger partial charge is 0.480 e. The molecule has 0 radical (unpaired) electrons. The average molecular weight is 980 g/mol. The van der Waals surface area contributed by atoms with Crippen molar-refractivity contribution in [3.05, 3.63) is 144 Å². The van der Waals surface area contributed by atoms with E-state index in [1.165, 1.54) is 0 Å². The van der Waals surface area contributed by atoms with Crippen molar-refractivity contribution in [3.8, 4) is 0 Å². The molecule has 3 atom stereocenters. The van der Waals surface area contributed by atoms with Gasteiger partial charge in [0.25, 0.3) is 0 Å². The van der Waals surface area contributed by atoms with Crippen LogP contribution < -0.4 is 38.5 Å². The molecule has 0 saturated heterocycles.